The molecule has 3 nitrogen and oxygen atoms in total. The Morgan fingerprint density at radius 1 is 1.40 bits per heavy atom. The Balaban J connectivity index is 2.35. The molecule has 0 aliphatic carbocycles. The highest BCUT2D eigenvalue weighted by molar-refractivity contribution is 7.12. The van der Waals surface area contributed by atoms with E-state index in [-0.39, 0.29) is 13.2 Å². The van der Waals surface area contributed by atoms with Crippen LogP contribution in [0.25, 0.3) is 0 Å². The van der Waals surface area contributed by atoms with E-state index in [1.807, 2.05) is 0 Å². The second-order valence-corrected chi connectivity index (χ2v) is 5.10. The Morgan fingerprint density at radius 3 is 2.80 bits per heavy atom. The predicted octanol–water partition coefficient (Wildman–Crippen LogP) is 2.44. The maximum Gasteiger partial charge on any atom is 0.389 e. The van der Waals surface area contributed by atoms with Gasteiger partial charge < -0.3 is 10.4 Å². The largest absolute Gasteiger partial charge is 0.395 e. The number of carbonyl (C=O) groups excluding carboxylic acids is 1. The average Bonchev–Trinajstić information content (AvgIpc) is 2.81. The van der Waals surface area contributed by atoms with Gasteiger partial charge in [-0.15, -0.1) is 11.3 Å². The summed E-state index contributed by atoms with van der Waals surface area (Å²) in [7, 11) is 0. The zero-order valence-electron chi connectivity index (χ0n) is 10.6. The van der Waals surface area contributed by atoms with Crippen LogP contribution >= 0.6 is 11.3 Å². The van der Waals surface area contributed by atoms with Gasteiger partial charge in [-0.1, -0.05) is 11.8 Å². The highest BCUT2D eigenvalue weighted by Gasteiger charge is 2.27. The van der Waals surface area contributed by atoms with Crippen LogP contribution in [0.1, 0.15) is 29.0 Å². The van der Waals surface area contributed by atoms with E-state index < -0.39 is 24.9 Å². The molecule has 0 saturated carbocycles. The van der Waals surface area contributed by atoms with E-state index >= 15 is 0 Å². The van der Waals surface area contributed by atoms with Crippen LogP contribution in [0.5, 0.6) is 0 Å². The number of carbonyl (C=O) groups is 1. The zero-order valence-corrected chi connectivity index (χ0v) is 11.4. The molecule has 0 atom stereocenters. The van der Waals surface area contributed by atoms with Gasteiger partial charge in [-0.3, -0.25) is 4.79 Å². The molecule has 0 fully saturated rings. The standard InChI is InChI=1S/C13H14F3NO2S/c14-13(15,16)7-6-12(19)17-9-11-5-4-10(20-11)3-1-2-8-18/h4-5,18H,2,6-9H2,(H,17,19). The molecule has 20 heavy (non-hydrogen) atoms. The van der Waals surface area contributed by atoms with E-state index in [0.717, 1.165) is 9.75 Å². The lowest BCUT2D eigenvalue weighted by molar-refractivity contribution is -0.144. The minimum absolute atomic E-state index is 0.000491. The third-order valence-corrected chi connectivity index (χ3v) is 3.21. The van der Waals surface area contributed by atoms with Gasteiger partial charge in [0.1, 0.15) is 0 Å². The van der Waals surface area contributed by atoms with Crippen molar-refractivity contribution in [3.8, 4) is 11.8 Å². The highest BCUT2D eigenvalue weighted by atomic mass is 32.1. The van der Waals surface area contributed by atoms with E-state index in [9.17, 15) is 18.0 Å². The second kappa shape index (κ2) is 7.92. The van der Waals surface area contributed by atoms with Gasteiger partial charge in [-0.05, 0) is 12.1 Å². The second-order valence-electron chi connectivity index (χ2n) is 3.93. The first kappa shape index (κ1) is 16.5. The number of thiophene rings is 1. The number of alkyl halides is 3. The summed E-state index contributed by atoms with van der Waals surface area (Å²) in [6, 6.07) is 3.53. The number of amides is 1. The van der Waals surface area contributed by atoms with Crippen LogP contribution < -0.4 is 5.32 Å². The summed E-state index contributed by atoms with van der Waals surface area (Å²) >= 11 is 1.36. The van der Waals surface area contributed by atoms with Crippen molar-refractivity contribution in [1.29, 1.82) is 0 Å². The van der Waals surface area contributed by atoms with Gasteiger partial charge >= 0.3 is 6.18 Å². The SMILES string of the molecule is O=C(CCC(F)(F)F)NCc1ccc(C#CCCO)s1. The van der Waals surface area contributed by atoms with Crippen LogP contribution in [0.3, 0.4) is 0 Å². The summed E-state index contributed by atoms with van der Waals surface area (Å²) in [4.78, 5) is 12.8. The zero-order chi connectivity index (χ0) is 15.0. The van der Waals surface area contributed by atoms with E-state index in [1.165, 1.54) is 11.3 Å². The van der Waals surface area contributed by atoms with Crippen LogP contribution in [0.2, 0.25) is 0 Å². The monoisotopic (exact) mass is 305 g/mol. The van der Waals surface area contributed by atoms with Crippen LogP contribution in [-0.4, -0.2) is 23.8 Å². The average molecular weight is 305 g/mol. The summed E-state index contributed by atoms with van der Waals surface area (Å²) in [6.07, 6.45) is -5.59. The normalized spacial score (nSPS) is 10.8. The first-order chi connectivity index (χ1) is 9.40. The molecule has 1 amide bonds. The number of aliphatic hydroxyl groups excluding tert-OH is 1. The van der Waals surface area contributed by atoms with Crippen molar-refractivity contribution < 1.29 is 23.1 Å². The summed E-state index contributed by atoms with van der Waals surface area (Å²) in [6.45, 7) is 0.198. The number of hydrogen-bond acceptors (Lipinski definition) is 3. The number of halogens is 3. The van der Waals surface area contributed by atoms with Crippen LogP contribution in [0.4, 0.5) is 13.2 Å². The van der Waals surface area contributed by atoms with Gasteiger partial charge in [0, 0.05) is 17.7 Å². The Kier molecular flexibility index (Phi) is 6.55. The molecular weight excluding hydrogens is 291 g/mol. The van der Waals surface area contributed by atoms with Crippen molar-refractivity contribution in [3.05, 3.63) is 21.9 Å². The van der Waals surface area contributed by atoms with Crippen molar-refractivity contribution in [2.45, 2.75) is 32.0 Å². The Hall–Kier alpha value is -1.52. The van der Waals surface area contributed by atoms with E-state index in [2.05, 4.69) is 17.2 Å². The molecule has 0 bridgehead atoms. The smallest absolute Gasteiger partial charge is 0.389 e. The molecule has 1 heterocycles. The molecule has 110 valence electrons. The molecular formula is C13H14F3NO2S. The molecule has 1 rings (SSSR count). The molecule has 0 unspecified atom stereocenters. The van der Waals surface area contributed by atoms with E-state index in [1.54, 1.807) is 12.1 Å². The third-order valence-electron chi connectivity index (χ3n) is 2.21. The van der Waals surface area contributed by atoms with Crippen molar-refractivity contribution in [1.82, 2.24) is 5.32 Å². The fraction of sp³-hybridized carbons (Fsp3) is 0.462. The number of rotatable bonds is 5. The lowest BCUT2D eigenvalue weighted by atomic mass is 10.3. The fourth-order valence-corrected chi connectivity index (χ4v) is 2.10. The Morgan fingerprint density at radius 2 is 2.15 bits per heavy atom. The summed E-state index contributed by atoms with van der Waals surface area (Å²) in [5.41, 5.74) is 0. The van der Waals surface area contributed by atoms with Crippen molar-refractivity contribution in [3.63, 3.8) is 0 Å². The fourth-order valence-electron chi connectivity index (χ4n) is 1.27. The van der Waals surface area contributed by atoms with Gasteiger partial charge in [0.05, 0.1) is 24.4 Å². The lowest BCUT2D eigenvalue weighted by Gasteiger charge is -2.06. The summed E-state index contributed by atoms with van der Waals surface area (Å²) < 4.78 is 35.8. The Bertz CT molecular complexity index is 500. The number of nitrogens with one attached hydrogen (secondary N) is 1. The molecule has 2 N–H and O–H groups in total. The topological polar surface area (TPSA) is 49.3 Å². The van der Waals surface area contributed by atoms with Crippen LogP contribution in [0, 0.1) is 11.8 Å². The van der Waals surface area contributed by atoms with Crippen molar-refractivity contribution in [2.24, 2.45) is 0 Å². The minimum atomic E-state index is -4.31. The van der Waals surface area contributed by atoms with Gasteiger partial charge in [-0.2, -0.15) is 13.2 Å². The molecule has 7 heteroatoms. The van der Waals surface area contributed by atoms with Crippen molar-refractivity contribution in [2.75, 3.05) is 6.61 Å². The molecule has 0 saturated heterocycles. The third kappa shape index (κ3) is 7.16. The molecule has 0 aliphatic heterocycles. The van der Waals surface area contributed by atoms with Gasteiger partial charge in [-0.25, -0.2) is 0 Å². The summed E-state index contributed by atoms with van der Waals surface area (Å²) in [5, 5.41) is 11.0. The predicted molar refractivity (Wildman–Crippen MR) is 70.0 cm³/mol. The molecule has 0 aliphatic rings. The quantitative estimate of drug-likeness (QED) is 0.821. The summed E-state index contributed by atoms with van der Waals surface area (Å²) in [5.74, 6) is 4.99. The molecule has 0 radical (unpaired) electrons. The Labute approximate surface area is 118 Å². The maximum absolute atomic E-state index is 11.9. The lowest BCUT2D eigenvalue weighted by Crippen LogP contribution is -2.24. The van der Waals surface area contributed by atoms with Gasteiger partial charge in [0.25, 0.3) is 0 Å². The molecule has 0 aromatic carbocycles. The van der Waals surface area contributed by atoms with Gasteiger partial charge in [0.15, 0.2) is 0 Å². The number of aliphatic hydroxyl groups is 1. The maximum atomic E-state index is 11.9. The molecule has 1 aromatic heterocycles. The van der Waals surface area contributed by atoms with Gasteiger partial charge in [0.2, 0.25) is 5.91 Å². The molecule has 1 aromatic rings. The molecule has 0 spiro atoms. The highest BCUT2D eigenvalue weighted by Crippen LogP contribution is 2.21. The van der Waals surface area contributed by atoms with Crippen LogP contribution in [-0.2, 0) is 11.3 Å². The number of hydrogen-bond donors (Lipinski definition) is 2. The first-order valence-corrected chi connectivity index (χ1v) is 6.74. The van der Waals surface area contributed by atoms with Crippen LogP contribution in [0.15, 0.2) is 12.1 Å². The van der Waals surface area contributed by atoms with E-state index in [0.29, 0.717) is 6.42 Å². The van der Waals surface area contributed by atoms with Crippen molar-refractivity contribution >= 4 is 17.2 Å². The van der Waals surface area contributed by atoms with E-state index in [4.69, 9.17) is 5.11 Å². The minimum Gasteiger partial charge on any atom is -0.395 e. The first-order valence-electron chi connectivity index (χ1n) is 5.92.